The molecule has 0 saturated carbocycles. The Labute approximate surface area is 149 Å². The molecule has 138 valence electrons. The number of rotatable bonds is 9. The Morgan fingerprint density at radius 1 is 1.25 bits per heavy atom. The second-order valence-electron chi connectivity index (χ2n) is 7.98. The predicted octanol–water partition coefficient (Wildman–Crippen LogP) is 4.51. The minimum atomic E-state index is 0.222. The van der Waals surface area contributed by atoms with Crippen molar-refractivity contribution in [1.82, 2.24) is 9.80 Å². The van der Waals surface area contributed by atoms with Crippen LogP contribution in [0, 0.1) is 11.8 Å². The quantitative estimate of drug-likeness (QED) is 0.579. The van der Waals surface area contributed by atoms with Gasteiger partial charge in [-0.2, -0.15) is 0 Å². The van der Waals surface area contributed by atoms with Crippen molar-refractivity contribution >= 4 is 5.91 Å². The molecule has 3 nitrogen and oxygen atoms in total. The molecule has 0 N–H and O–H groups in total. The molecule has 0 heterocycles. The highest BCUT2D eigenvalue weighted by molar-refractivity contribution is 5.73. The fourth-order valence-electron chi connectivity index (χ4n) is 3.46. The highest BCUT2D eigenvalue weighted by Gasteiger charge is 2.25. The lowest BCUT2D eigenvalue weighted by molar-refractivity contribution is -0.129. The molecule has 1 amide bonds. The van der Waals surface area contributed by atoms with Crippen LogP contribution in [0.25, 0.3) is 0 Å². The molecule has 0 spiro atoms. The summed E-state index contributed by atoms with van der Waals surface area (Å²) in [6.45, 7) is 11.2. The first-order valence-corrected chi connectivity index (χ1v) is 9.51. The monoisotopic (exact) mass is 334 g/mol. The van der Waals surface area contributed by atoms with Crippen LogP contribution in [-0.2, 0) is 4.79 Å². The third kappa shape index (κ3) is 8.14. The summed E-state index contributed by atoms with van der Waals surface area (Å²) in [6, 6.07) is 0. The van der Waals surface area contributed by atoms with E-state index in [1.54, 1.807) is 12.5 Å². The van der Waals surface area contributed by atoms with Gasteiger partial charge in [0.1, 0.15) is 0 Å². The van der Waals surface area contributed by atoms with Crippen molar-refractivity contribution in [2.75, 3.05) is 33.7 Å². The first kappa shape index (κ1) is 21.0. The summed E-state index contributed by atoms with van der Waals surface area (Å²) >= 11 is 0. The van der Waals surface area contributed by atoms with Gasteiger partial charge in [0, 0.05) is 20.0 Å². The molecular weight excluding hydrogens is 296 g/mol. The van der Waals surface area contributed by atoms with Gasteiger partial charge in [0.2, 0.25) is 5.91 Å². The zero-order valence-corrected chi connectivity index (χ0v) is 16.8. The summed E-state index contributed by atoms with van der Waals surface area (Å²) in [5, 5.41) is 0. The van der Waals surface area contributed by atoms with Gasteiger partial charge in [-0.25, -0.2) is 0 Å². The van der Waals surface area contributed by atoms with E-state index in [0.29, 0.717) is 11.8 Å². The van der Waals surface area contributed by atoms with E-state index in [1.807, 2.05) is 0 Å². The molecule has 0 aromatic rings. The maximum atomic E-state index is 12.0. The molecular formula is C21H38N2O. The van der Waals surface area contributed by atoms with Crippen LogP contribution in [0.5, 0.6) is 0 Å². The highest BCUT2D eigenvalue weighted by Crippen LogP contribution is 2.32. The average Bonchev–Trinajstić information content (AvgIpc) is 2.47. The van der Waals surface area contributed by atoms with Crippen molar-refractivity contribution in [2.45, 2.75) is 59.8 Å². The second kappa shape index (κ2) is 10.7. The van der Waals surface area contributed by atoms with Gasteiger partial charge in [0.25, 0.3) is 0 Å². The molecule has 0 aliphatic heterocycles. The SMILES string of the molecule is CC(=O)N(CCCN(C)C)C[C@H]1CC=C(CCC=C(C)C)C[C@H]1C. The standard InChI is InChI=1S/C21H38N2O/c1-17(2)9-7-10-20-11-12-21(18(3)15-20)16-23(19(4)24)14-8-13-22(5)6/h9,11,18,21H,7-8,10,12-16H2,1-6H3/t18-,21-/m1/s1. The van der Waals surface area contributed by atoms with E-state index in [-0.39, 0.29) is 5.91 Å². The molecule has 0 aromatic carbocycles. The molecule has 0 aromatic heterocycles. The summed E-state index contributed by atoms with van der Waals surface area (Å²) < 4.78 is 0. The van der Waals surface area contributed by atoms with Crippen molar-refractivity contribution in [3.63, 3.8) is 0 Å². The number of carbonyl (C=O) groups excluding carboxylic acids is 1. The van der Waals surface area contributed by atoms with Crippen LogP contribution in [0.1, 0.15) is 59.8 Å². The van der Waals surface area contributed by atoms with Gasteiger partial charge >= 0.3 is 0 Å². The third-order valence-corrected chi connectivity index (χ3v) is 5.05. The molecule has 1 aliphatic carbocycles. The van der Waals surface area contributed by atoms with E-state index in [9.17, 15) is 4.79 Å². The zero-order valence-electron chi connectivity index (χ0n) is 16.8. The maximum absolute atomic E-state index is 12.0. The van der Waals surface area contributed by atoms with Crippen molar-refractivity contribution < 1.29 is 4.79 Å². The highest BCUT2D eigenvalue weighted by atomic mass is 16.2. The fourth-order valence-corrected chi connectivity index (χ4v) is 3.46. The largest absolute Gasteiger partial charge is 0.343 e. The minimum absolute atomic E-state index is 0.222. The Morgan fingerprint density at radius 3 is 2.50 bits per heavy atom. The third-order valence-electron chi connectivity index (χ3n) is 5.05. The average molecular weight is 335 g/mol. The lowest BCUT2D eigenvalue weighted by Gasteiger charge is -2.33. The smallest absolute Gasteiger partial charge is 0.219 e. The number of nitrogens with zero attached hydrogens (tertiary/aromatic N) is 2. The fraction of sp³-hybridized carbons (Fsp3) is 0.762. The van der Waals surface area contributed by atoms with Crippen molar-refractivity contribution in [1.29, 1.82) is 0 Å². The summed E-state index contributed by atoms with van der Waals surface area (Å²) in [4.78, 5) is 16.2. The van der Waals surface area contributed by atoms with Crippen LogP contribution < -0.4 is 0 Å². The van der Waals surface area contributed by atoms with Crippen molar-refractivity contribution in [2.24, 2.45) is 11.8 Å². The van der Waals surface area contributed by atoms with E-state index in [4.69, 9.17) is 0 Å². The first-order valence-electron chi connectivity index (χ1n) is 9.51. The molecule has 0 fully saturated rings. The summed E-state index contributed by atoms with van der Waals surface area (Å²) in [5.41, 5.74) is 3.02. The van der Waals surface area contributed by atoms with Crippen LogP contribution in [0.2, 0.25) is 0 Å². The summed E-state index contributed by atoms with van der Waals surface area (Å²) in [7, 11) is 4.17. The van der Waals surface area contributed by atoms with Gasteiger partial charge in [-0.3, -0.25) is 4.79 Å². The van der Waals surface area contributed by atoms with E-state index in [2.05, 4.69) is 56.8 Å². The van der Waals surface area contributed by atoms with Gasteiger partial charge in [-0.15, -0.1) is 0 Å². The van der Waals surface area contributed by atoms with Gasteiger partial charge in [0.15, 0.2) is 0 Å². The number of hydrogen-bond acceptors (Lipinski definition) is 2. The van der Waals surface area contributed by atoms with E-state index in [0.717, 1.165) is 38.9 Å². The lowest BCUT2D eigenvalue weighted by Crippen LogP contribution is -2.38. The molecule has 2 atom stereocenters. The van der Waals surface area contributed by atoms with E-state index in [1.165, 1.54) is 18.4 Å². The van der Waals surface area contributed by atoms with Crippen LogP contribution in [0.3, 0.4) is 0 Å². The van der Waals surface area contributed by atoms with E-state index >= 15 is 0 Å². The van der Waals surface area contributed by atoms with Crippen molar-refractivity contribution in [3.8, 4) is 0 Å². The van der Waals surface area contributed by atoms with Crippen LogP contribution in [0.4, 0.5) is 0 Å². The topological polar surface area (TPSA) is 23.6 Å². The Hall–Kier alpha value is -1.09. The minimum Gasteiger partial charge on any atom is -0.343 e. The molecule has 3 heteroatoms. The van der Waals surface area contributed by atoms with Crippen molar-refractivity contribution in [3.05, 3.63) is 23.3 Å². The Kier molecular flexibility index (Phi) is 9.35. The molecule has 1 rings (SSSR count). The summed E-state index contributed by atoms with van der Waals surface area (Å²) in [5.74, 6) is 1.51. The number of amides is 1. The maximum Gasteiger partial charge on any atom is 0.219 e. The predicted molar refractivity (Wildman–Crippen MR) is 104 cm³/mol. The number of hydrogen-bond donors (Lipinski definition) is 0. The molecule has 0 radical (unpaired) electrons. The molecule has 1 aliphatic rings. The normalized spacial score (nSPS) is 20.7. The number of carbonyl (C=O) groups is 1. The molecule has 24 heavy (non-hydrogen) atoms. The number of allylic oxidation sites excluding steroid dienone is 4. The van der Waals surface area contributed by atoms with Crippen LogP contribution in [0.15, 0.2) is 23.3 Å². The second-order valence-corrected chi connectivity index (χ2v) is 7.98. The van der Waals surface area contributed by atoms with Gasteiger partial charge < -0.3 is 9.80 Å². The van der Waals surface area contributed by atoms with Crippen LogP contribution in [-0.4, -0.2) is 49.4 Å². The molecule has 0 saturated heterocycles. The van der Waals surface area contributed by atoms with Crippen LogP contribution >= 0.6 is 0 Å². The first-order chi connectivity index (χ1) is 11.3. The van der Waals surface area contributed by atoms with Gasteiger partial charge in [-0.1, -0.05) is 30.2 Å². The Morgan fingerprint density at radius 2 is 1.96 bits per heavy atom. The van der Waals surface area contributed by atoms with Gasteiger partial charge in [-0.05, 0) is 78.4 Å². The Bertz CT molecular complexity index is 447. The Balaban J connectivity index is 2.50. The summed E-state index contributed by atoms with van der Waals surface area (Å²) in [6.07, 6.45) is 10.5. The zero-order chi connectivity index (χ0) is 18.1. The molecule has 0 bridgehead atoms. The lowest BCUT2D eigenvalue weighted by atomic mass is 9.79. The molecule has 0 unspecified atom stereocenters. The van der Waals surface area contributed by atoms with Gasteiger partial charge in [0.05, 0.1) is 0 Å². The van der Waals surface area contributed by atoms with E-state index < -0.39 is 0 Å².